The van der Waals surface area contributed by atoms with E-state index in [4.69, 9.17) is 18.9 Å². The van der Waals surface area contributed by atoms with E-state index < -0.39 is 0 Å². The number of ether oxygens (including phenoxy) is 4. The molecule has 122 valence electrons. The molecule has 0 aliphatic rings. The van der Waals surface area contributed by atoms with Crippen LogP contribution < -0.4 is 10.6 Å². The first-order chi connectivity index (χ1) is 9.91. The van der Waals surface area contributed by atoms with Crippen molar-refractivity contribution in [2.24, 2.45) is 0 Å². The monoisotopic (exact) mass is 292 g/mol. The van der Waals surface area contributed by atoms with E-state index in [9.17, 15) is 0 Å². The quantitative estimate of drug-likeness (QED) is 0.375. The molecular weight excluding hydrogens is 260 g/mol. The molecule has 0 spiro atoms. The Morgan fingerprint density at radius 1 is 0.650 bits per heavy atom. The van der Waals surface area contributed by atoms with Gasteiger partial charge in [-0.1, -0.05) is 0 Å². The van der Waals surface area contributed by atoms with Gasteiger partial charge in [0.15, 0.2) is 0 Å². The summed E-state index contributed by atoms with van der Waals surface area (Å²) >= 11 is 0. The maximum absolute atomic E-state index is 5.47. The Balaban J connectivity index is 2.89. The lowest BCUT2D eigenvalue weighted by atomic mass is 10.4. The fraction of sp³-hybridized carbons (Fsp3) is 1.00. The highest BCUT2D eigenvalue weighted by Gasteiger charge is 1.92. The highest BCUT2D eigenvalue weighted by Crippen LogP contribution is 1.84. The average Bonchev–Trinajstić information content (AvgIpc) is 2.47. The molecule has 0 fully saturated rings. The van der Waals surface area contributed by atoms with Crippen LogP contribution in [0.5, 0.6) is 0 Å². The van der Waals surface area contributed by atoms with Crippen molar-refractivity contribution in [3.05, 3.63) is 0 Å². The Labute approximate surface area is 123 Å². The Morgan fingerprint density at radius 3 is 1.80 bits per heavy atom. The van der Waals surface area contributed by atoms with E-state index in [2.05, 4.69) is 10.6 Å². The van der Waals surface area contributed by atoms with E-state index in [0.29, 0.717) is 26.4 Å². The van der Waals surface area contributed by atoms with Crippen molar-refractivity contribution in [3.8, 4) is 0 Å². The third kappa shape index (κ3) is 17.8. The maximum atomic E-state index is 5.47. The largest absolute Gasteiger partial charge is 0.385 e. The molecule has 0 aromatic heterocycles. The zero-order valence-electron chi connectivity index (χ0n) is 13.1. The topological polar surface area (TPSA) is 61.0 Å². The van der Waals surface area contributed by atoms with Crippen LogP contribution in [0.2, 0.25) is 0 Å². The molecule has 6 heteroatoms. The molecule has 0 unspecified atom stereocenters. The van der Waals surface area contributed by atoms with Crippen LogP contribution in [0.3, 0.4) is 0 Å². The van der Waals surface area contributed by atoms with Crippen molar-refractivity contribution >= 4 is 0 Å². The van der Waals surface area contributed by atoms with Crippen molar-refractivity contribution in [1.82, 2.24) is 10.6 Å². The number of likely N-dealkylation sites (N-methyl/N-ethyl adjacent to an activating group) is 1. The van der Waals surface area contributed by atoms with Crippen molar-refractivity contribution < 1.29 is 18.9 Å². The van der Waals surface area contributed by atoms with E-state index in [-0.39, 0.29) is 0 Å². The van der Waals surface area contributed by atoms with Gasteiger partial charge < -0.3 is 29.6 Å². The first-order valence-electron chi connectivity index (χ1n) is 7.49. The summed E-state index contributed by atoms with van der Waals surface area (Å²) in [5.41, 5.74) is 0. The highest BCUT2D eigenvalue weighted by atomic mass is 16.5. The van der Waals surface area contributed by atoms with Crippen molar-refractivity contribution in [3.63, 3.8) is 0 Å². The summed E-state index contributed by atoms with van der Waals surface area (Å²) in [6.45, 7) is 7.77. The lowest BCUT2D eigenvalue weighted by Crippen LogP contribution is -2.19. The molecule has 0 heterocycles. The van der Waals surface area contributed by atoms with E-state index in [1.54, 1.807) is 7.11 Å². The second-order valence-electron chi connectivity index (χ2n) is 4.39. The summed E-state index contributed by atoms with van der Waals surface area (Å²) < 4.78 is 21.2. The number of nitrogens with one attached hydrogen (secondary N) is 2. The van der Waals surface area contributed by atoms with Crippen LogP contribution in [0, 0.1) is 0 Å². The Morgan fingerprint density at radius 2 is 1.20 bits per heavy atom. The standard InChI is InChI=1S/C14H32N2O4/c1-15-7-10-19-12-14-20-13-11-18-9-4-6-16-5-3-8-17-2/h15-16H,3-14H2,1-2H3. The second-order valence-corrected chi connectivity index (χ2v) is 4.39. The molecule has 0 aromatic rings. The van der Waals surface area contributed by atoms with Crippen LogP contribution in [-0.4, -0.2) is 80.0 Å². The van der Waals surface area contributed by atoms with E-state index >= 15 is 0 Å². The molecular formula is C14H32N2O4. The molecule has 0 bridgehead atoms. The van der Waals surface area contributed by atoms with E-state index in [0.717, 1.165) is 52.3 Å². The molecule has 0 saturated heterocycles. The lowest BCUT2D eigenvalue weighted by Gasteiger charge is -2.07. The SMILES string of the molecule is CNCCOCCOCCOCCCNCCCOC. The summed E-state index contributed by atoms with van der Waals surface area (Å²) in [6.07, 6.45) is 2.09. The van der Waals surface area contributed by atoms with Crippen LogP contribution in [0.4, 0.5) is 0 Å². The van der Waals surface area contributed by atoms with Gasteiger partial charge in [-0.3, -0.25) is 0 Å². The first kappa shape index (κ1) is 19.8. The van der Waals surface area contributed by atoms with Crippen molar-refractivity contribution in [2.75, 3.05) is 80.0 Å². The number of rotatable bonds is 17. The summed E-state index contributed by atoms with van der Waals surface area (Å²) in [5.74, 6) is 0. The molecule has 2 N–H and O–H groups in total. The fourth-order valence-electron chi connectivity index (χ4n) is 1.48. The van der Waals surface area contributed by atoms with E-state index in [1.165, 1.54) is 0 Å². The summed E-state index contributed by atoms with van der Waals surface area (Å²) in [5, 5.41) is 6.36. The average molecular weight is 292 g/mol. The van der Waals surface area contributed by atoms with Crippen LogP contribution in [0.15, 0.2) is 0 Å². The maximum Gasteiger partial charge on any atom is 0.0701 e. The second kappa shape index (κ2) is 18.8. The van der Waals surface area contributed by atoms with Crippen LogP contribution in [0.1, 0.15) is 12.8 Å². The fourth-order valence-corrected chi connectivity index (χ4v) is 1.48. The molecule has 0 atom stereocenters. The number of hydrogen-bond donors (Lipinski definition) is 2. The Bertz CT molecular complexity index is 155. The van der Waals surface area contributed by atoms with Crippen molar-refractivity contribution in [1.29, 1.82) is 0 Å². The zero-order valence-corrected chi connectivity index (χ0v) is 13.1. The first-order valence-corrected chi connectivity index (χ1v) is 7.49. The molecule has 0 rings (SSSR count). The minimum Gasteiger partial charge on any atom is -0.385 e. The molecule has 0 radical (unpaired) electrons. The van der Waals surface area contributed by atoms with Gasteiger partial charge in [-0.15, -0.1) is 0 Å². The highest BCUT2D eigenvalue weighted by molar-refractivity contribution is 4.47. The minimum absolute atomic E-state index is 0.633. The number of hydrogen-bond acceptors (Lipinski definition) is 6. The lowest BCUT2D eigenvalue weighted by molar-refractivity contribution is 0.0149. The molecule has 0 amide bonds. The molecule has 0 aromatic carbocycles. The third-order valence-electron chi connectivity index (χ3n) is 2.58. The molecule has 0 aliphatic heterocycles. The molecule has 0 aliphatic carbocycles. The molecule has 6 nitrogen and oxygen atoms in total. The van der Waals surface area contributed by atoms with E-state index in [1.807, 2.05) is 7.05 Å². The predicted molar refractivity (Wildman–Crippen MR) is 80.4 cm³/mol. The van der Waals surface area contributed by atoms with Crippen LogP contribution in [-0.2, 0) is 18.9 Å². The summed E-state index contributed by atoms with van der Waals surface area (Å²) in [7, 11) is 3.64. The van der Waals surface area contributed by atoms with Gasteiger partial charge in [0.1, 0.15) is 0 Å². The van der Waals surface area contributed by atoms with Gasteiger partial charge in [0.05, 0.1) is 33.0 Å². The van der Waals surface area contributed by atoms with Gasteiger partial charge in [0, 0.05) is 26.9 Å². The normalized spacial score (nSPS) is 11.1. The van der Waals surface area contributed by atoms with Gasteiger partial charge in [0.25, 0.3) is 0 Å². The number of methoxy groups -OCH3 is 1. The Hall–Kier alpha value is -0.240. The van der Waals surface area contributed by atoms with Gasteiger partial charge >= 0.3 is 0 Å². The molecule has 0 saturated carbocycles. The van der Waals surface area contributed by atoms with Crippen LogP contribution >= 0.6 is 0 Å². The summed E-state index contributed by atoms with van der Waals surface area (Å²) in [4.78, 5) is 0. The molecule has 20 heavy (non-hydrogen) atoms. The van der Waals surface area contributed by atoms with Gasteiger partial charge in [-0.05, 0) is 33.0 Å². The third-order valence-corrected chi connectivity index (χ3v) is 2.58. The van der Waals surface area contributed by atoms with Crippen molar-refractivity contribution in [2.45, 2.75) is 12.8 Å². The van der Waals surface area contributed by atoms with Gasteiger partial charge in [0.2, 0.25) is 0 Å². The Kier molecular flexibility index (Phi) is 18.5. The van der Waals surface area contributed by atoms with Gasteiger partial charge in [-0.2, -0.15) is 0 Å². The van der Waals surface area contributed by atoms with Gasteiger partial charge in [-0.25, -0.2) is 0 Å². The summed E-state index contributed by atoms with van der Waals surface area (Å²) in [6, 6.07) is 0. The van der Waals surface area contributed by atoms with Crippen LogP contribution in [0.25, 0.3) is 0 Å². The predicted octanol–water partition coefficient (Wildman–Crippen LogP) is 0.272. The smallest absolute Gasteiger partial charge is 0.0701 e. The zero-order chi connectivity index (χ0) is 14.7. The minimum atomic E-state index is 0.633.